The van der Waals surface area contributed by atoms with Crippen LogP contribution in [-0.4, -0.2) is 21.6 Å². The third kappa shape index (κ3) is 4.99. The van der Waals surface area contributed by atoms with E-state index in [1.807, 2.05) is 54.9 Å². The van der Waals surface area contributed by atoms with Gasteiger partial charge in [-0.05, 0) is 63.2 Å². The van der Waals surface area contributed by atoms with E-state index in [1.54, 1.807) is 0 Å². The predicted molar refractivity (Wildman–Crippen MR) is 197 cm³/mol. The van der Waals surface area contributed by atoms with Crippen LogP contribution in [0.3, 0.4) is 0 Å². The number of fused-ring (bicyclic) bond motifs is 4. The molecule has 226 valence electrons. The summed E-state index contributed by atoms with van der Waals surface area (Å²) < 4.78 is 0. The summed E-state index contributed by atoms with van der Waals surface area (Å²) in [6.45, 7) is 0. The van der Waals surface area contributed by atoms with Gasteiger partial charge in [0.05, 0.1) is 11.2 Å². The van der Waals surface area contributed by atoms with Crippen LogP contribution in [0.25, 0.3) is 54.8 Å². The lowest BCUT2D eigenvalue weighted by Crippen LogP contribution is -2.33. The van der Waals surface area contributed by atoms with Crippen molar-refractivity contribution < 1.29 is 0 Å². The van der Waals surface area contributed by atoms with Crippen molar-refractivity contribution in [2.24, 2.45) is 9.98 Å². The average molecular weight is 616 g/mol. The van der Waals surface area contributed by atoms with Crippen molar-refractivity contribution in [3.8, 4) is 22.4 Å². The lowest BCUT2D eigenvalue weighted by atomic mass is 9.92. The number of para-hydroxylation sites is 1. The number of rotatable bonds is 5. The van der Waals surface area contributed by atoms with E-state index in [-0.39, 0.29) is 6.17 Å². The number of benzene rings is 6. The van der Waals surface area contributed by atoms with Crippen molar-refractivity contribution >= 4 is 44.1 Å². The Morgan fingerprint density at radius 1 is 0.521 bits per heavy atom. The van der Waals surface area contributed by atoms with Crippen molar-refractivity contribution in [3.05, 3.63) is 181 Å². The minimum Gasteiger partial charge on any atom is -0.344 e. The number of aliphatic imine (C=N–C) groups is 2. The van der Waals surface area contributed by atoms with Crippen molar-refractivity contribution in [3.63, 3.8) is 0 Å². The van der Waals surface area contributed by atoms with Gasteiger partial charge in [-0.3, -0.25) is 4.98 Å². The molecule has 0 amide bonds. The largest absolute Gasteiger partial charge is 0.344 e. The van der Waals surface area contributed by atoms with Crippen molar-refractivity contribution in [2.75, 3.05) is 0 Å². The van der Waals surface area contributed by atoms with E-state index in [1.165, 1.54) is 10.8 Å². The molecule has 9 rings (SSSR count). The molecule has 0 aliphatic carbocycles. The van der Waals surface area contributed by atoms with Crippen LogP contribution in [0.2, 0.25) is 0 Å². The molecule has 1 N–H and O–H groups in total. The maximum atomic E-state index is 5.26. The van der Waals surface area contributed by atoms with Gasteiger partial charge in [-0.1, -0.05) is 121 Å². The molecule has 0 bridgehead atoms. The number of nitrogens with one attached hydrogen (secondary N) is 1. The summed E-state index contributed by atoms with van der Waals surface area (Å²) in [6.07, 6.45) is 3.48. The first-order valence-corrected chi connectivity index (χ1v) is 16.1. The Kier molecular flexibility index (Phi) is 6.79. The average Bonchev–Trinajstić information content (AvgIpc) is 3.17. The van der Waals surface area contributed by atoms with Crippen LogP contribution in [0.4, 0.5) is 0 Å². The Morgan fingerprint density at radius 2 is 1.23 bits per heavy atom. The number of hydrogen-bond acceptors (Lipinski definition) is 5. The van der Waals surface area contributed by atoms with E-state index < -0.39 is 0 Å². The van der Waals surface area contributed by atoms with E-state index in [0.717, 1.165) is 66.6 Å². The Balaban J connectivity index is 1.30. The van der Waals surface area contributed by atoms with Gasteiger partial charge in [-0.2, -0.15) is 0 Å². The molecule has 0 saturated carbocycles. The lowest BCUT2D eigenvalue weighted by molar-refractivity contribution is 0.674. The molecule has 48 heavy (non-hydrogen) atoms. The Morgan fingerprint density at radius 3 is 2.10 bits per heavy atom. The van der Waals surface area contributed by atoms with Gasteiger partial charge in [0.25, 0.3) is 0 Å². The highest BCUT2D eigenvalue weighted by Gasteiger charge is 2.23. The first-order valence-electron chi connectivity index (χ1n) is 16.1. The van der Waals surface area contributed by atoms with Crippen LogP contribution in [0, 0.1) is 0 Å². The maximum absolute atomic E-state index is 5.26. The highest BCUT2D eigenvalue weighted by atomic mass is 15.2. The van der Waals surface area contributed by atoms with E-state index in [2.05, 4.69) is 119 Å². The van der Waals surface area contributed by atoms with E-state index in [9.17, 15) is 0 Å². The molecular weight excluding hydrogens is 587 g/mol. The van der Waals surface area contributed by atoms with E-state index >= 15 is 0 Å². The quantitative estimate of drug-likeness (QED) is 0.196. The van der Waals surface area contributed by atoms with Gasteiger partial charge in [-0.25, -0.2) is 15.0 Å². The van der Waals surface area contributed by atoms with Crippen LogP contribution in [-0.2, 0) is 0 Å². The number of pyridine rings is 2. The Hall–Kier alpha value is -6.46. The van der Waals surface area contributed by atoms with Crippen LogP contribution < -0.4 is 5.32 Å². The fourth-order valence-corrected chi connectivity index (χ4v) is 6.67. The minimum atomic E-state index is -0.303. The summed E-state index contributed by atoms with van der Waals surface area (Å²) in [7, 11) is 0. The Bertz CT molecular complexity index is 2530. The van der Waals surface area contributed by atoms with Gasteiger partial charge < -0.3 is 5.32 Å². The van der Waals surface area contributed by atoms with Crippen molar-refractivity contribution in [2.45, 2.75) is 6.17 Å². The van der Waals surface area contributed by atoms with Gasteiger partial charge in [0.2, 0.25) is 0 Å². The highest BCUT2D eigenvalue weighted by Crippen LogP contribution is 2.37. The number of hydrogen-bond donors (Lipinski definition) is 1. The van der Waals surface area contributed by atoms with Crippen molar-refractivity contribution in [1.82, 2.24) is 15.3 Å². The van der Waals surface area contributed by atoms with Crippen LogP contribution in [0.1, 0.15) is 22.9 Å². The molecule has 1 atom stereocenters. The molecule has 3 heterocycles. The van der Waals surface area contributed by atoms with Gasteiger partial charge >= 0.3 is 0 Å². The van der Waals surface area contributed by atoms with Crippen LogP contribution in [0.5, 0.6) is 0 Å². The third-order valence-corrected chi connectivity index (χ3v) is 8.97. The van der Waals surface area contributed by atoms with Gasteiger partial charge in [0.15, 0.2) is 5.84 Å². The topological polar surface area (TPSA) is 62.5 Å². The second kappa shape index (κ2) is 11.7. The molecule has 2 aromatic heterocycles. The molecule has 5 heteroatoms. The highest BCUT2D eigenvalue weighted by molar-refractivity contribution is 6.15. The smallest absolute Gasteiger partial charge is 0.159 e. The molecular formula is C43H29N5. The third-order valence-electron chi connectivity index (χ3n) is 8.97. The molecule has 0 saturated heterocycles. The summed E-state index contributed by atoms with van der Waals surface area (Å²) in [4.78, 5) is 20.0. The molecule has 8 aromatic rings. The number of amidine groups is 2. The first-order chi connectivity index (χ1) is 23.8. The van der Waals surface area contributed by atoms with Crippen molar-refractivity contribution in [1.29, 1.82) is 0 Å². The van der Waals surface area contributed by atoms with E-state index in [4.69, 9.17) is 15.0 Å². The van der Waals surface area contributed by atoms with Gasteiger partial charge in [0, 0.05) is 39.9 Å². The second-order valence-electron chi connectivity index (χ2n) is 12.0. The second-order valence-corrected chi connectivity index (χ2v) is 12.0. The van der Waals surface area contributed by atoms with Gasteiger partial charge in [-0.15, -0.1) is 0 Å². The summed E-state index contributed by atoms with van der Waals surface area (Å²) in [5.74, 6) is 1.44. The zero-order chi connectivity index (χ0) is 31.9. The maximum Gasteiger partial charge on any atom is 0.159 e. The predicted octanol–water partition coefficient (Wildman–Crippen LogP) is 9.77. The van der Waals surface area contributed by atoms with Crippen LogP contribution >= 0.6 is 0 Å². The summed E-state index contributed by atoms with van der Waals surface area (Å²) >= 11 is 0. The molecule has 5 nitrogen and oxygen atoms in total. The molecule has 0 fully saturated rings. The molecule has 1 aliphatic rings. The molecule has 6 aromatic carbocycles. The summed E-state index contributed by atoms with van der Waals surface area (Å²) in [5.41, 5.74) is 8.03. The fraction of sp³-hybridized carbons (Fsp3) is 0.0233. The molecule has 0 radical (unpaired) electrons. The lowest BCUT2D eigenvalue weighted by Gasteiger charge is -2.24. The standard InChI is InChI=1S/C43H29N5/c1-3-13-29(14-4-1)41-46-42(30-15-5-2-6-16-30)48-43(47-41)33-25-31(35-20-11-17-28-12-7-8-18-34(28)35)24-32(26-33)40-38-27-44-23-22-36(38)37-19-9-10-21-39(37)45-40/h1-27,41H,(H,46,47,48). The Labute approximate surface area is 278 Å². The summed E-state index contributed by atoms with van der Waals surface area (Å²) in [5, 5.41) is 9.29. The summed E-state index contributed by atoms with van der Waals surface area (Å²) in [6, 6.07) is 52.6. The normalized spacial score (nSPS) is 14.5. The first kappa shape index (κ1) is 27.8. The number of nitrogens with zero attached hydrogens (tertiary/aromatic N) is 4. The van der Waals surface area contributed by atoms with Crippen LogP contribution in [0.15, 0.2) is 174 Å². The fourth-order valence-electron chi connectivity index (χ4n) is 6.67. The minimum absolute atomic E-state index is 0.303. The molecule has 0 spiro atoms. The monoisotopic (exact) mass is 615 g/mol. The number of aromatic nitrogens is 2. The zero-order valence-electron chi connectivity index (χ0n) is 26.0. The molecule has 1 aliphatic heterocycles. The SMILES string of the molecule is c1ccc(C2=NC(c3ccccc3)NC(c3cc(-c4cccc5ccccc45)cc(-c4nc5ccccc5c5ccncc45)c3)=N2)cc1. The van der Waals surface area contributed by atoms with E-state index in [0.29, 0.717) is 5.84 Å². The molecule has 1 unspecified atom stereocenters. The van der Waals surface area contributed by atoms with Gasteiger partial charge in [0.1, 0.15) is 12.0 Å². The zero-order valence-corrected chi connectivity index (χ0v) is 26.0.